The normalized spacial score (nSPS) is 18.3. The molecule has 5 rings (SSSR count). The van der Waals surface area contributed by atoms with Crippen LogP contribution in [0.1, 0.15) is 38.1 Å². The number of rotatable bonds is 5. The van der Waals surface area contributed by atoms with Crippen molar-refractivity contribution in [2.75, 3.05) is 43.4 Å². The summed E-state index contributed by atoms with van der Waals surface area (Å²) < 4.78 is 2.01. The van der Waals surface area contributed by atoms with Gasteiger partial charge >= 0.3 is 0 Å². The molecule has 2 aliphatic rings. The maximum atomic E-state index is 4.66. The summed E-state index contributed by atoms with van der Waals surface area (Å²) >= 11 is 0. The predicted molar refractivity (Wildman–Crippen MR) is 123 cm³/mol. The van der Waals surface area contributed by atoms with E-state index in [0.717, 1.165) is 43.3 Å². The van der Waals surface area contributed by atoms with Crippen LogP contribution in [-0.2, 0) is 0 Å². The third kappa shape index (κ3) is 4.69. The highest BCUT2D eigenvalue weighted by Crippen LogP contribution is 2.28. The van der Waals surface area contributed by atoms with Gasteiger partial charge in [-0.05, 0) is 50.2 Å². The molecule has 3 aromatic rings. The van der Waals surface area contributed by atoms with Crippen LogP contribution >= 0.6 is 0 Å². The molecule has 8 nitrogen and oxygen atoms in total. The lowest BCUT2D eigenvalue weighted by atomic mass is 9.96. The predicted octanol–water partition coefficient (Wildman–Crippen LogP) is 3.74. The Hall–Kier alpha value is -3.00. The number of hydrogen-bond donors (Lipinski definition) is 1. The molecule has 0 amide bonds. The minimum Gasteiger partial charge on any atom is -0.369 e. The third-order valence-electron chi connectivity index (χ3n) is 6.37. The second-order valence-corrected chi connectivity index (χ2v) is 8.60. The van der Waals surface area contributed by atoms with Crippen molar-refractivity contribution >= 4 is 17.3 Å². The van der Waals surface area contributed by atoms with E-state index in [1.54, 1.807) is 6.20 Å². The van der Waals surface area contributed by atoms with Crippen LogP contribution in [0.5, 0.6) is 0 Å². The second-order valence-electron chi connectivity index (χ2n) is 8.60. The SMILES string of the molecule is CN1CCN(c2ccc(Nc3nccc(-c4cn(C5CCCCC5)nn4)n3)cc2)CC1. The summed E-state index contributed by atoms with van der Waals surface area (Å²) in [6.07, 6.45) is 10.0. The number of benzene rings is 1. The Morgan fingerprint density at radius 1 is 0.903 bits per heavy atom. The summed E-state index contributed by atoms with van der Waals surface area (Å²) in [6.45, 7) is 4.34. The van der Waals surface area contributed by atoms with Crippen LogP contribution in [0.25, 0.3) is 11.4 Å². The monoisotopic (exact) mass is 418 g/mol. The molecule has 1 aliphatic carbocycles. The van der Waals surface area contributed by atoms with Gasteiger partial charge in [0.05, 0.1) is 17.9 Å². The van der Waals surface area contributed by atoms with Gasteiger partial charge in [-0.15, -0.1) is 5.10 Å². The zero-order valence-corrected chi connectivity index (χ0v) is 18.1. The Labute approximate surface area is 183 Å². The zero-order chi connectivity index (χ0) is 21.0. The molecule has 0 radical (unpaired) electrons. The molecule has 1 N–H and O–H groups in total. The lowest BCUT2D eigenvalue weighted by molar-refractivity contribution is 0.313. The minimum atomic E-state index is 0.466. The van der Waals surface area contributed by atoms with Crippen molar-refractivity contribution in [2.24, 2.45) is 0 Å². The summed E-state index contributed by atoms with van der Waals surface area (Å²) in [6, 6.07) is 10.8. The average Bonchev–Trinajstić information content (AvgIpc) is 3.32. The van der Waals surface area contributed by atoms with Crippen molar-refractivity contribution in [3.63, 3.8) is 0 Å². The van der Waals surface area contributed by atoms with Gasteiger partial charge in [0, 0.05) is 43.8 Å². The Kier molecular flexibility index (Phi) is 5.80. The van der Waals surface area contributed by atoms with E-state index < -0.39 is 0 Å². The molecular formula is C23H30N8. The lowest BCUT2D eigenvalue weighted by Crippen LogP contribution is -2.44. The molecule has 3 heterocycles. The number of nitrogens with zero attached hydrogens (tertiary/aromatic N) is 7. The second kappa shape index (κ2) is 9.01. The van der Waals surface area contributed by atoms with E-state index in [1.807, 2.05) is 16.9 Å². The summed E-state index contributed by atoms with van der Waals surface area (Å²) in [4.78, 5) is 13.8. The molecule has 162 valence electrons. The molecule has 1 aromatic carbocycles. The molecule has 1 aliphatic heterocycles. The van der Waals surface area contributed by atoms with Crippen LogP contribution in [0.4, 0.5) is 17.3 Å². The Balaban J connectivity index is 1.26. The standard InChI is InChI=1S/C23H30N8/c1-29-13-15-30(16-14-29)19-9-7-18(8-10-19)25-23-24-12-11-21(26-23)22-17-31(28-27-22)20-5-3-2-4-6-20/h7-12,17,20H,2-6,13-16H2,1H3,(H,24,25,26). The van der Waals surface area contributed by atoms with Crippen LogP contribution < -0.4 is 10.2 Å². The summed E-state index contributed by atoms with van der Waals surface area (Å²) in [5.41, 5.74) is 3.81. The first kappa shape index (κ1) is 19.9. The number of likely N-dealkylation sites (N-methyl/N-ethyl adjacent to an activating group) is 1. The van der Waals surface area contributed by atoms with E-state index in [4.69, 9.17) is 0 Å². The van der Waals surface area contributed by atoms with Crippen LogP contribution in [0.3, 0.4) is 0 Å². The molecule has 1 saturated heterocycles. The van der Waals surface area contributed by atoms with Crippen molar-refractivity contribution in [2.45, 2.75) is 38.1 Å². The average molecular weight is 419 g/mol. The van der Waals surface area contributed by atoms with Gasteiger partial charge in [0.2, 0.25) is 5.95 Å². The van der Waals surface area contributed by atoms with Crippen molar-refractivity contribution in [3.8, 4) is 11.4 Å². The zero-order valence-electron chi connectivity index (χ0n) is 18.1. The minimum absolute atomic E-state index is 0.466. The molecule has 31 heavy (non-hydrogen) atoms. The number of hydrogen-bond acceptors (Lipinski definition) is 7. The summed E-state index contributed by atoms with van der Waals surface area (Å²) in [7, 11) is 2.18. The quantitative estimate of drug-likeness (QED) is 0.676. The Bertz CT molecular complexity index is 985. The van der Waals surface area contributed by atoms with Crippen LogP contribution in [-0.4, -0.2) is 63.1 Å². The van der Waals surface area contributed by atoms with Gasteiger partial charge in [0.25, 0.3) is 0 Å². The molecule has 0 unspecified atom stereocenters. The first-order valence-electron chi connectivity index (χ1n) is 11.3. The molecule has 2 aromatic heterocycles. The molecule has 8 heteroatoms. The van der Waals surface area contributed by atoms with E-state index >= 15 is 0 Å². The maximum absolute atomic E-state index is 4.66. The van der Waals surface area contributed by atoms with Gasteiger partial charge in [-0.2, -0.15) is 0 Å². The molecular weight excluding hydrogens is 388 g/mol. The summed E-state index contributed by atoms with van der Waals surface area (Å²) in [5, 5.41) is 12.0. The van der Waals surface area contributed by atoms with Gasteiger partial charge in [0.1, 0.15) is 5.69 Å². The highest BCUT2D eigenvalue weighted by atomic mass is 15.4. The van der Waals surface area contributed by atoms with Crippen LogP contribution in [0.15, 0.2) is 42.7 Å². The molecule has 1 saturated carbocycles. The molecule has 0 spiro atoms. The smallest absolute Gasteiger partial charge is 0.227 e. The van der Waals surface area contributed by atoms with E-state index in [0.29, 0.717) is 12.0 Å². The summed E-state index contributed by atoms with van der Waals surface area (Å²) in [5.74, 6) is 0.567. The number of nitrogens with one attached hydrogen (secondary N) is 1. The highest BCUT2D eigenvalue weighted by molar-refractivity contribution is 5.61. The topological polar surface area (TPSA) is 75.0 Å². The van der Waals surface area contributed by atoms with Gasteiger partial charge in [0.15, 0.2) is 0 Å². The fourth-order valence-electron chi connectivity index (χ4n) is 4.43. The van der Waals surface area contributed by atoms with E-state index in [2.05, 4.69) is 66.7 Å². The Morgan fingerprint density at radius 3 is 2.45 bits per heavy atom. The number of aromatic nitrogens is 5. The molecule has 2 fully saturated rings. The maximum Gasteiger partial charge on any atom is 0.227 e. The van der Waals surface area contributed by atoms with E-state index in [1.165, 1.54) is 37.8 Å². The fourth-order valence-corrected chi connectivity index (χ4v) is 4.43. The first-order valence-corrected chi connectivity index (χ1v) is 11.3. The fraction of sp³-hybridized carbons (Fsp3) is 0.478. The van der Waals surface area contributed by atoms with Gasteiger partial charge in [-0.1, -0.05) is 24.5 Å². The van der Waals surface area contributed by atoms with E-state index in [-0.39, 0.29) is 0 Å². The van der Waals surface area contributed by atoms with E-state index in [9.17, 15) is 0 Å². The lowest BCUT2D eigenvalue weighted by Gasteiger charge is -2.34. The van der Waals surface area contributed by atoms with Crippen molar-refractivity contribution in [1.82, 2.24) is 29.9 Å². The highest BCUT2D eigenvalue weighted by Gasteiger charge is 2.18. The van der Waals surface area contributed by atoms with Crippen molar-refractivity contribution < 1.29 is 0 Å². The largest absolute Gasteiger partial charge is 0.369 e. The Morgan fingerprint density at radius 2 is 1.68 bits per heavy atom. The van der Waals surface area contributed by atoms with Crippen molar-refractivity contribution in [3.05, 3.63) is 42.7 Å². The van der Waals surface area contributed by atoms with Gasteiger partial charge in [-0.25, -0.2) is 14.6 Å². The number of anilines is 3. The first-order chi connectivity index (χ1) is 15.2. The molecule has 0 atom stereocenters. The number of piperazine rings is 1. The van der Waals surface area contributed by atoms with Crippen LogP contribution in [0, 0.1) is 0 Å². The van der Waals surface area contributed by atoms with Gasteiger partial charge in [-0.3, -0.25) is 0 Å². The van der Waals surface area contributed by atoms with Gasteiger partial charge < -0.3 is 15.1 Å². The molecule has 0 bridgehead atoms. The third-order valence-corrected chi connectivity index (χ3v) is 6.37. The van der Waals surface area contributed by atoms with Crippen LogP contribution in [0.2, 0.25) is 0 Å². The van der Waals surface area contributed by atoms with Crippen molar-refractivity contribution in [1.29, 1.82) is 0 Å².